The van der Waals surface area contributed by atoms with Crippen molar-refractivity contribution in [1.82, 2.24) is 0 Å². The molecule has 2 aliphatic rings. The monoisotopic (exact) mass is 483 g/mol. The van der Waals surface area contributed by atoms with Gasteiger partial charge in [-0.2, -0.15) is 5.26 Å². The molecule has 1 aromatic carbocycles. The van der Waals surface area contributed by atoms with Crippen LogP contribution in [0, 0.1) is 18.3 Å². The van der Waals surface area contributed by atoms with Crippen LogP contribution in [0.2, 0.25) is 5.02 Å². The molecule has 0 unspecified atom stereocenters. The standard InChI is InChI=1S/C25H26ClN3OS2/c1-4-15-12-16(25(32-15)31-5-2)22-17(13-27)24(28)29(19-9-6-8-18(26)14(19)3)20-10-7-11-21(30)23(20)22/h6,8-9,12,22H,4-5,7,10-11,28H2,1-3H3/t22-/m1/s1. The first-order valence-electron chi connectivity index (χ1n) is 10.9. The molecule has 2 N–H and O–H groups in total. The van der Waals surface area contributed by atoms with Crippen molar-refractivity contribution >= 4 is 46.2 Å². The molecule has 2 aromatic rings. The van der Waals surface area contributed by atoms with E-state index in [2.05, 4.69) is 26.0 Å². The number of hydrogen-bond donors (Lipinski definition) is 1. The third kappa shape index (κ3) is 3.77. The highest BCUT2D eigenvalue weighted by molar-refractivity contribution is 8.01. The Morgan fingerprint density at radius 2 is 2.12 bits per heavy atom. The van der Waals surface area contributed by atoms with Crippen LogP contribution >= 0.6 is 34.7 Å². The molecule has 0 bridgehead atoms. The van der Waals surface area contributed by atoms with Crippen LogP contribution in [0.25, 0.3) is 0 Å². The van der Waals surface area contributed by atoms with E-state index in [-0.39, 0.29) is 5.78 Å². The number of nitriles is 1. The quantitative estimate of drug-likeness (QED) is 0.479. The van der Waals surface area contributed by atoms with E-state index in [0.29, 0.717) is 22.8 Å². The van der Waals surface area contributed by atoms with Crippen molar-refractivity contribution < 1.29 is 4.79 Å². The van der Waals surface area contributed by atoms with Crippen LogP contribution in [0.3, 0.4) is 0 Å². The van der Waals surface area contributed by atoms with E-state index in [9.17, 15) is 10.1 Å². The minimum absolute atomic E-state index is 0.109. The van der Waals surface area contributed by atoms with E-state index in [1.807, 2.05) is 30.0 Å². The molecule has 7 heteroatoms. The average molecular weight is 484 g/mol. The minimum atomic E-state index is -0.413. The molecule has 1 aliphatic heterocycles. The number of hydrogen-bond acceptors (Lipinski definition) is 6. The van der Waals surface area contributed by atoms with Crippen molar-refractivity contribution in [3.05, 3.63) is 68.0 Å². The molecule has 2 heterocycles. The predicted molar refractivity (Wildman–Crippen MR) is 134 cm³/mol. The molecule has 4 rings (SSSR count). The van der Waals surface area contributed by atoms with Gasteiger partial charge in [-0.3, -0.25) is 9.69 Å². The number of Topliss-reactive ketones (excluding diaryl/α,β-unsaturated/α-hetero) is 1. The van der Waals surface area contributed by atoms with Gasteiger partial charge in [-0.05, 0) is 61.3 Å². The number of ketones is 1. The van der Waals surface area contributed by atoms with Crippen molar-refractivity contribution in [2.75, 3.05) is 10.7 Å². The Morgan fingerprint density at radius 3 is 2.81 bits per heavy atom. The Kier molecular flexibility index (Phi) is 6.71. The Balaban J connectivity index is 2.00. The van der Waals surface area contributed by atoms with Gasteiger partial charge in [0.2, 0.25) is 0 Å². The maximum Gasteiger partial charge on any atom is 0.161 e. The number of rotatable bonds is 5. The lowest BCUT2D eigenvalue weighted by Crippen LogP contribution is -2.39. The maximum atomic E-state index is 13.4. The fraction of sp³-hybridized carbons (Fsp3) is 0.360. The normalized spacial score (nSPS) is 18.8. The van der Waals surface area contributed by atoms with Gasteiger partial charge in [0, 0.05) is 27.6 Å². The van der Waals surface area contributed by atoms with Crippen molar-refractivity contribution in [1.29, 1.82) is 5.26 Å². The van der Waals surface area contributed by atoms with Gasteiger partial charge in [0.15, 0.2) is 5.78 Å². The number of nitrogens with zero attached hydrogens (tertiary/aromatic N) is 2. The van der Waals surface area contributed by atoms with Gasteiger partial charge < -0.3 is 5.73 Å². The molecule has 0 spiro atoms. The van der Waals surface area contributed by atoms with Crippen LogP contribution in [0.4, 0.5) is 5.69 Å². The summed E-state index contributed by atoms with van der Waals surface area (Å²) in [6.45, 7) is 6.19. The zero-order valence-corrected chi connectivity index (χ0v) is 20.9. The molecular weight excluding hydrogens is 458 g/mol. The minimum Gasteiger partial charge on any atom is -0.384 e. The van der Waals surface area contributed by atoms with Crippen LogP contribution in [-0.2, 0) is 11.2 Å². The number of halogens is 1. The highest BCUT2D eigenvalue weighted by Gasteiger charge is 2.42. The van der Waals surface area contributed by atoms with Gasteiger partial charge in [-0.15, -0.1) is 23.1 Å². The Morgan fingerprint density at radius 1 is 1.34 bits per heavy atom. The number of carbonyl (C=O) groups excluding carboxylic acids is 1. The molecule has 1 aliphatic carbocycles. The zero-order valence-electron chi connectivity index (χ0n) is 18.5. The van der Waals surface area contributed by atoms with Gasteiger partial charge in [0.1, 0.15) is 5.82 Å². The van der Waals surface area contributed by atoms with E-state index in [0.717, 1.165) is 53.1 Å². The van der Waals surface area contributed by atoms with Crippen LogP contribution in [0.1, 0.15) is 55.0 Å². The van der Waals surface area contributed by atoms with Crippen molar-refractivity contribution in [2.24, 2.45) is 5.73 Å². The van der Waals surface area contributed by atoms with E-state index in [1.54, 1.807) is 23.1 Å². The molecule has 1 atom stereocenters. The molecular formula is C25H26ClN3OS2. The first-order valence-corrected chi connectivity index (χ1v) is 13.1. The summed E-state index contributed by atoms with van der Waals surface area (Å²) in [7, 11) is 0. The van der Waals surface area contributed by atoms with Gasteiger partial charge >= 0.3 is 0 Å². The lowest BCUT2D eigenvalue weighted by Gasteiger charge is -2.40. The largest absolute Gasteiger partial charge is 0.384 e. The Labute approximate surface area is 202 Å². The number of nitrogens with two attached hydrogens (primary N) is 1. The second-order valence-electron chi connectivity index (χ2n) is 7.94. The Bertz CT molecular complexity index is 1190. The molecule has 4 nitrogen and oxygen atoms in total. The number of thioether (sulfide) groups is 1. The Hall–Kier alpha value is -2.20. The van der Waals surface area contributed by atoms with Crippen LogP contribution in [0.15, 0.2) is 51.1 Å². The number of allylic oxidation sites excluding steroid dienone is 3. The van der Waals surface area contributed by atoms with Crippen LogP contribution < -0.4 is 10.6 Å². The van der Waals surface area contributed by atoms with Gasteiger partial charge in [0.25, 0.3) is 0 Å². The maximum absolute atomic E-state index is 13.4. The molecule has 0 amide bonds. The number of anilines is 1. The van der Waals surface area contributed by atoms with Gasteiger partial charge in [0.05, 0.1) is 27.5 Å². The lowest BCUT2D eigenvalue weighted by molar-refractivity contribution is -0.116. The van der Waals surface area contributed by atoms with E-state index in [4.69, 9.17) is 17.3 Å². The first-order chi connectivity index (χ1) is 15.4. The van der Waals surface area contributed by atoms with Crippen LogP contribution in [-0.4, -0.2) is 11.5 Å². The summed E-state index contributed by atoms with van der Waals surface area (Å²) >= 11 is 9.95. The number of carbonyl (C=O) groups is 1. The highest BCUT2D eigenvalue weighted by Crippen LogP contribution is 2.50. The summed E-state index contributed by atoms with van der Waals surface area (Å²) in [6.07, 6.45) is 2.93. The molecule has 0 saturated heterocycles. The third-order valence-electron chi connectivity index (χ3n) is 6.10. The number of benzene rings is 1. The molecule has 32 heavy (non-hydrogen) atoms. The summed E-state index contributed by atoms with van der Waals surface area (Å²) in [5.74, 6) is 1.02. The topological polar surface area (TPSA) is 70.1 Å². The second-order valence-corrected chi connectivity index (χ2v) is 11.0. The summed E-state index contributed by atoms with van der Waals surface area (Å²) in [5.41, 5.74) is 11.5. The van der Waals surface area contributed by atoms with Crippen molar-refractivity contribution in [3.63, 3.8) is 0 Å². The number of aryl methyl sites for hydroxylation is 1. The van der Waals surface area contributed by atoms with E-state index in [1.165, 1.54) is 9.09 Å². The summed E-state index contributed by atoms with van der Waals surface area (Å²) in [6, 6.07) is 10.2. The number of thiophene rings is 1. The molecule has 0 fully saturated rings. The van der Waals surface area contributed by atoms with Gasteiger partial charge in [-0.1, -0.05) is 31.5 Å². The molecule has 0 radical (unpaired) electrons. The summed E-state index contributed by atoms with van der Waals surface area (Å²) in [5, 5.41) is 10.9. The van der Waals surface area contributed by atoms with Crippen molar-refractivity contribution in [2.45, 2.75) is 56.6 Å². The highest BCUT2D eigenvalue weighted by atomic mass is 35.5. The van der Waals surface area contributed by atoms with E-state index >= 15 is 0 Å². The lowest BCUT2D eigenvalue weighted by atomic mass is 9.76. The average Bonchev–Trinajstić information content (AvgIpc) is 3.18. The van der Waals surface area contributed by atoms with Crippen LogP contribution in [0.5, 0.6) is 0 Å². The molecule has 166 valence electrons. The van der Waals surface area contributed by atoms with Gasteiger partial charge in [-0.25, -0.2) is 0 Å². The molecule has 1 aromatic heterocycles. The fourth-order valence-electron chi connectivity index (χ4n) is 4.57. The predicted octanol–water partition coefficient (Wildman–Crippen LogP) is 6.69. The zero-order chi connectivity index (χ0) is 23.0. The molecule has 0 saturated carbocycles. The fourth-order valence-corrected chi connectivity index (χ4v) is 7.12. The smallest absolute Gasteiger partial charge is 0.161 e. The first kappa shape index (κ1) is 23.0. The summed E-state index contributed by atoms with van der Waals surface area (Å²) in [4.78, 5) is 16.5. The van der Waals surface area contributed by atoms with Crippen molar-refractivity contribution in [3.8, 4) is 6.07 Å². The third-order valence-corrected chi connectivity index (χ3v) is 8.99. The SMILES string of the molecule is CCSc1sc(CC)cc1[C@@H]1C(C#N)=C(N)N(c2cccc(Cl)c2C)C2=C1C(=O)CCC2. The summed E-state index contributed by atoms with van der Waals surface area (Å²) < 4.78 is 1.17. The second kappa shape index (κ2) is 9.35. The van der Waals surface area contributed by atoms with E-state index < -0.39 is 5.92 Å².